The molecule has 1 rings (SSSR count). The zero-order valence-corrected chi connectivity index (χ0v) is 12.7. The van der Waals surface area contributed by atoms with Crippen molar-refractivity contribution in [1.29, 1.82) is 0 Å². The smallest absolute Gasteiger partial charge is 0.120 e. The van der Waals surface area contributed by atoms with Gasteiger partial charge in [-0.2, -0.15) is 0 Å². The topological polar surface area (TPSA) is 35.2 Å². The molecule has 0 saturated carbocycles. The van der Waals surface area contributed by atoms with Crippen LogP contribution in [-0.4, -0.2) is 6.61 Å². The molecule has 1 aromatic carbocycles. The fourth-order valence-electron chi connectivity index (χ4n) is 2.03. The molecule has 0 amide bonds. The molecule has 0 fully saturated rings. The van der Waals surface area contributed by atoms with Gasteiger partial charge in [0, 0.05) is 11.6 Å². The van der Waals surface area contributed by atoms with Gasteiger partial charge in [-0.3, -0.25) is 0 Å². The Bertz CT molecular complexity index is 355. The molecule has 108 valence electrons. The number of hydrogen-bond donors (Lipinski definition) is 1. The van der Waals surface area contributed by atoms with Crippen molar-refractivity contribution in [2.24, 2.45) is 5.73 Å². The molecule has 0 unspecified atom stereocenters. The molecule has 0 radical (unpaired) electrons. The van der Waals surface area contributed by atoms with E-state index in [-0.39, 0.29) is 0 Å². The molecule has 0 saturated heterocycles. The summed E-state index contributed by atoms with van der Waals surface area (Å²) in [7, 11) is 0. The Balaban J connectivity index is 2.11. The fraction of sp³-hybridized carbons (Fsp3) is 0.625. The number of nitrogens with two attached hydrogens (primary N) is 1. The third-order valence-corrected chi connectivity index (χ3v) is 3.61. The van der Waals surface area contributed by atoms with Crippen LogP contribution < -0.4 is 10.5 Å². The Morgan fingerprint density at radius 1 is 1.05 bits per heavy atom. The summed E-state index contributed by atoms with van der Waals surface area (Å²) in [5, 5.41) is 0.694. The number of rotatable bonds is 10. The lowest BCUT2D eigenvalue weighted by Crippen LogP contribution is -2.00. The maximum atomic E-state index is 6.08. The van der Waals surface area contributed by atoms with Crippen LogP contribution in [0, 0.1) is 0 Å². The molecule has 0 aromatic heterocycles. The average molecular weight is 284 g/mol. The zero-order chi connectivity index (χ0) is 13.9. The first-order chi connectivity index (χ1) is 9.27. The van der Waals surface area contributed by atoms with E-state index in [1.54, 1.807) is 0 Å². The van der Waals surface area contributed by atoms with Gasteiger partial charge in [-0.15, -0.1) is 0 Å². The quantitative estimate of drug-likeness (QED) is 0.618. The molecule has 19 heavy (non-hydrogen) atoms. The minimum absolute atomic E-state index is 0.469. The van der Waals surface area contributed by atoms with Gasteiger partial charge in [-0.25, -0.2) is 0 Å². The van der Waals surface area contributed by atoms with E-state index in [1.165, 1.54) is 38.5 Å². The number of ether oxygens (including phenoxy) is 1. The van der Waals surface area contributed by atoms with E-state index < -0.39 is 0 Å². The summed E-state index contributed by atoms with van der Waals surface area (Å²) < 4.78 is 5.69. The maximum Gasteiger partial charge on any atom is 0.120 e. The van der Waals surface area contributed by atoms with Gasteiger partial charge in [0.25, 0.3) is 0 Å². The predicted octanol–water partition coefficient (Wildman–Crippen LogP) is 4.93. The molecule has 0 heterocycles. The molecule has 3 heteroatoms. The standard InChI is InChI=1S/C16H26ClNO/c1-2-3-4-5-6-7-8-11-19-15-10-9-14(13-18)16(17)12-15/h9-10,12H,2-8,11,13,18H2,1H3. The van der Waals surface area contributed by atoms with Gasteiger partial charge < -0.3 is 10.5 Å². The lowest BCUT2D eigenvalue weighted by molar-refractivity contribution is 0.304. The Morgan fingerprint density at radius 2 is 1.74 bits per heavy atom. The van der Waals surface area contributed by atoms with E-state index in [4.69, 9.17) is 22.1 Å². The van der Waals surface area contributed by atoms with E-state index in [9.17, 15) is 0 Å². The van der Waals surface area contributed by atoms with Crippen molar-refractivity contribution in [3.63, 3.8) is 0 Å². The molecule has 0 aliphatic heterocycles. The highest BCUT2D eigenvalue weighted by Crippen LogP contribution is 2.22. The van der Waals surface area contributed by atoms with Crippen molar-refractivity contribution >= 4 is 11.6 Å². The molecule has 0 aliphatic rings. The van der Waals surface area contributed by atoms with Gasteiger partial charge in [-0.1, -0.05) is 63.1 Å². The van der Waals surface area contributed by atoms with Gasteiger partial charge in [0.1, 0.15) is 5.75 Å². The SMILES string of the molecule is CCCCCCCCCOc1ccc(CN)c(Cl)c1. The Kier molecular flexibility index (Phi) is 8.68. The summed E-state index contributed by atoms with van der Waals surface area (Å²) in [6.07, 6.45) is 9.07. The van der Waals surface area contributed by atoms with Crippen molar-refractivity contribution in [2.45, 2.75) is 58.4 Å². The highest BCUT2D eigenvalue weighted by molar-refractivity contribution is 6.31. The number of hydrogen-bond acceptors (Lipinski definition) is 2. The number of benzene rings is 1. The summed E-state index contributed by atoms with van der Waals surface area (Å²) in [5.41, 5.74) is 6.53. The molecule has 1 aromatic rings. The van der Waals surface area contributed by atoms with Crippen LogP contribution in [0.4, 0.5) is 0 Å². The molecular weight excluding hydrogens is 258 g/mol. The predicted molar refractivity (Wildman–Crippen MR) is 82.8 cm³/mol. The van der Waals surface area contributed by atoms with E-state index in [0.29, 0.717) is 11.6 Å². The number of unbranched alkanes of at least 4 members (excludes halogenated alkanes) is 6. The summed E-state index contributed by atoms with van der Waals surface area (Å²) >= 11 is 6.08. The van der Waals surface area contributed by atoms with Crippen LogP contribution in [0.5, 0.6) is 5.75 Å². The average Bonchev–Trinajstić information content (AvgIpc) is 2.42. The third-order valence-electron chi connectivity index (χ3n) is 3.26. The highest BCUT2D eigenvalue weighted by Gasteiger charge is 2.01. The molecule has 2 nitrogen and oxygen atoms in total. The molecule has 0 aliphatic carbocycles. The van der Waals surface area contributed by atoms with Gasteiger partial charge >= 0.3 is 0 Å². The molecule has 0 spiro atoms. The monoisotopic (exact) mass is 283 g/mol. The Morgan fingerprint density at radius 3 is 2.37 bits per heavy atom. The summed E-state index contributed by atoms with van der Waals surface area (Å²) in [4.78, 5) is 0. The third kappa shape index (κ3) is 6.84. The van der Waals surface area contributed by atoms with Gasteiger partial charge in [0.15, 0.2) is 0 Å². The van der Waals surface area contributed by atoms with Crippen LogP contribution in [0.1, 0.15) is 57.4 Å². The first-order valence-electron chi connectivity index (χ1n) is 7.39. The Labute approximate surface area is 122 Å². The lowest BCUT2D eigenvalue weighted by Gasteiger charge is -2.08. The van der Waals surface area contributed by atoms with Crippen molar-refractivity contribution in [2.75, 3.05) is 6.61 Å². The van der Waals surface area contributed by atoms with Crippen LogP contribution in [0.3, 0.4) is 0 Å². The normalized spacial score (nSPS) is 10.7. The van der Waals surface area contributed by atoms with Crippen LogP contribution in [-0.2, 0) is 6.54 Å². The van der Waals surface area contributed by atoms with Crippen LogP contribution in [0.2, 0.25) is 5.02 Å². The lowest BCUT2D eigenvalue weighted by atomic mass is 10.1. The first kappa shape index (κ1) is 16.3. The summed E-state index contributed by atoms with van der Waals surface area (Å²) in [5.74, 6) is 0.841. The van der Waals surface area contributed by atoms with Crippen LogP contribution >= 0.6 is 11.6 Å². The van der Waals surface area contributed by atoms with Gasteiger partial charge in [0.2, 0.25) is 0 Å². The van der Waals surface area contributed by atoms with Crippen LogP contribution in [0.25, 0.3) is 0 Å². The Hall–Kier alpha value is -0.730. The number of halogens is 1. The second kappa shape index (κ2) is 10.1. The maximum absolute atomic E-state index is 6.08. The highest BCUT2D eigenvalue weighted by atomic mass is 35.5. The van der Waals surface area contributed by atoms with Crippen LogP contribution in [0.15, 0.2) is 18.2 Å². The minimum Gasteiger partial charge on any atom is -0.494 e. The van der Waals surface area contributed by atoms with Crippen molar-refractivity contribution in [3.05, 3.63) is 28.8 Å². The first-order valence-corrected chi connectivity index (χ1v) is 7.77. The fourth-order valence-corrected chi connectivity index (χ4v) is 2.28. The molecule has 0 atom stereocenters. The van der Waals surface area contributed by atoms with Crippen molar-refractivity contribution < 1.29 is 4.74 Å². The molecular formula is C16H26ClNO. The van der Waals surface area contributed by atoms with E-state index in [0.717, 1.165) is 24.3 Å². The minimum atomic E-state index is 0.469. The van der Waals surface area contributed by atoms with Gasteiger partial charge in [0.05, 0.1) is 6.61 Å². The van der Waals surface area contributed by atoms with Crippen molar-refractivity contribution in [1.82, 2.24) is 0 Å². The van der Waals surface area contributed by atoms with Crippen molar-refractivity contribution in [3.8, 4) is 5.75 Å². The zero-order valence-electron chi connectivity index (χ0n) is 12.0. The van der Waals surface area contributed by atoms with E-state index >= 15 is 0 Å². The largest absolute Gasteiger partial charge is 0.494 e. The summed E-state index contributed by atoms with van der Waals surface area (Å²) in [6, 6.07) is 5.72. The van der Waals surface area contributed by atoms with E-state index in [2.05, 4.69) is 6.92 Å². The second-order valence-corrected chi connectivity index (χ2v) is 5.33. The van der Waals surface area contributed by atoms with E-state index in [1.807, 2.05) is 18.2 Å². The van der Waals surface area contributed by atoms with Gasteiger partial charge in [-0.05, 0) is 24.1 Å². The summed E-state index contributed by atoms with van der Waals surface area (Å²) in [6.45, 7) is 3.48. The second-order valence-electron chi connectivity index (χ2n) is 4.93. The molecule has 0 bridgehead atoms. The molecule has 2 N–H and O–H groups in total.